The Morgan fingerprint density at radius 1 is 1.05 bits per heavy atom. The molecule has 1 saturated heterocycles. The molecular formula is C29H24Cl2F2N8. The van der Waals surface area contributed by atoms with Gasteiger partial charge >= 0.3 is 0 Å². The number of halogens is 4. The van der Waals surface area contributed by atoms with Crippen molar-refractivity contribution in [2.45, 2.75) is 18.5 Å². The van der Waals surface area contributed by atoms with Gasteiger partial charge in [0.1, 0.15) is 17.7 Å². The Labute approximate surface area is 244 Å². The van der Waals surface area contributed by atoms with E-state index in [1.165, 1.54) is 36.5 Å². The molecule has 2 aliphatic heterocycles. The third-order valence-electron chi connectivity index (χ3n) is 7.09. The second-order valence-electron chi connectivity index (χ2n) is 9.77. The van der Waals surface area contributed by atoms with Crippen molar-refractivity contribution in [2.75, 3.05) is 23.7 Å². The predicted octanol–water partition coefficient (Wildman–Crippen LogP) is 6.12. The molecule has 12 heteroatoms. The van der Waals surface area contributed by atoms with E-state index in [4.69, 9.17) is 23.2 Å². The first-order valence-corrected chi connectivity index (χ1v) is 13.6. The van der Waals surface area contributed by atoms with Crippen LogP contribution in [0.2, 0.25) is 10.0 Å². The van der Waals surface area contributed by atoms with Gasteiger partial charge in [-0.3, -0.25) is 9.99 Å². The topological polar surface area (TPSA) is 100 Å². The molecule has 2 aliphatic rings. The summed E-state index contributed by atoms with van der Waals surface area (Å²) in [6.07, 6.45) is 4.43. The fraction of sp³-hybridized carbons (Fsp3) is 0.172. The van der Waals surface area contributed by atoms with Crippen molar-refractivity contribution >= 4 is 51.2 Å². The second kappa shape index (κ2) is 11.4. The first-order valence-electron chi connectivity index (χ1n) is 12.9. The Balaban J connectivity index is 1.40. The third kappa shape index (κ3) is 5.58. The standard InChI is InChI=1S/C29H24Cl2F2N8/c30-23-10-19(5-6-25(23)33)37-27-17(12-34)13-36-29-22(27)9-20(11-24(29)31)38-28(16-1-3-18(32)4-2-16)26-15-41(40-39-26)21-7-8-35-14-21/h1-6,9-11,13,15,21,28,35,38-40H,7-8,14H2,(H,36,37)/t21-,28?/m1/s1. The lowest BCUT2D eigenvalue weighted by Gasteiger charge is -2.22. The number of nitrogens with one attached hydrogen (secondary N) is 5. The van der Waals surface area contributed by atoms with E-state index in [2.05, 4.69) is 38.0 Å². The van der Waals surface area contributed by atoms with E-state index in [-0.39, 0.29) is 22.4 Å². The minimum absolute atomic E-state index is 0.0530. The SMILES string of the molecule is N#Cc1cnc2c(Cl)cc(NC(C3=CN([C@@H]4CCNC4)NN3)c3ccc(F)cc3)cc2c1Nc1ccc(F)c(Cl)c1. The van der Waals surface area contributed by atoms with Gasteiger partial charge in [-0.05, 0) is 61.0 Å². The fourth-order valence-electron chi connectivity index (χ4n) is 5.01. The summed E-state index contributed by atoms with van der Waals surface area (Å²) in [7, 11) is 0. The molecule has 0 radical (unpaired) electrons. The van der Waals surface area contributed by atoms with Crippen LogP contribution in [0, 0.1) is 23.0 Å². The Kier molecular flexibility index (Phi) is 7.51. The summed E-state index contributed by atoms with van der Waals surface area (Å²) in [6, 6.07) is 16.1. The zero-order valence-electron chi connectivity index (χ0n) is 21.5. The number of benzene rings is 3. The molecule has 3 aromatic carbocycles. The van der Waals surface area contributed by atoms with Crippen LogP contribution >= 0.6 is 23.2 Å². The molecule has 41 heavy (non-hydrogen) atoms. The first-order chi connectivity index (χ1) is 19.9. The number of hydrogen-bond acceptors (Lipinski definition) is 8. The van der Waals surface area contributed by atoms with Gasteiger partial charge in [-0.25, -0.2) is 8.78 Å². The predicted molar refractivity (Wildman–Crippen MR) is 156 cm³/mol. The van der Waals surface area contributed by atoms with Crippen molar-refractivity contribution in [1.82, 2.24) is 26.3 Å². The highest BCUT2D eigenvalue weighted by Gasteiger charge is 2.28. The molecule has 1 unspecified atom stereocenters. The maximum Gasteiger partial charge on any atom is 0.141 e. The van der Waals surface area contributed by atoms with E-state index in [9.17, 15) is 14.0 Å². The fourth-order valence-corrected chi connectivity index (χ4v) is 5.46. The summed E-state index contributed by atoms with van der Waals surface area (Å²) in [4.78, 5) is 4.41. The minimum Gasteiger partial charge on any atom is -0.373 e. The van der Waals surface area contributed by atoms with Gasteiger partial charge in [-0.15, -0.1) is 5.53 Å². The summed E-state index contributed by atoms with van der Waals surface area (Å²) < 4.78 is 27.6. The van der Waals surface area contributed by atoms with Gasteiger partial charge in [-0.1, -0.05) is 35.3 Å². The van der Waals surface area contributed by atoms with Crippen LogP contribution in [-0.2, 0) is 0 Å². The Morgan fingerprint density at radius 2 is 1.85 bits per heavy atom. The maximum atomic E-state index is 13.8. The van der Waals surface area contributed by atoms with E-state index >= 15 is 0 Å². The quantitative estimate of drug-likeness (QED) is 0.175. The van der Waals surface area contributed by atoms with Crippen LogP contribution in [0.15, 0.2) is 72.7 Å². The second-order valence-corrected chi connectivity index (χ2v) is 10.6. The highest BCUT2D eigenvalue weighted by Crippen LogP contribution is 2.37. The van der Waals surface area contributed by atoms with Crippen molar-refractivity contribution in [3.8, 4) is 6.07 Å². The molecule has 0 aliphatic carbocycles. The largest absolute Gasteiger partial charge is 0.373 e. The van der Waals surface area contributed by atoms with E-state index in [1.807, 2.05) is 17.3 Å². The van der Waals surface area contributed by atoms with Crippen molar-refractivity contribution in [1.29, 1.82) is 5.26 Å². The zero-order chi connectivity index (χ0) is 28.5. The van der Waals surface area contributed by atoms with Gasteiger partial charge < -0.3 is 21.4 Å². The van der Waals surface area contributed by atoms with Crippen molar-refractivity contribution in [3.05, 3.63) is 105 Å². The molecule has 1 aromatic heterocycles. The Morgan fingerprint density at radius 3 is 2.59 bits per heavy atom. The van der Waals surface area contributed by atoms with E-state index in [1.54, 1.807) is 18.2 Å². The molecule has 5 N–H and O–H groups in total. The summed E-state index contributed by atoms with van der Waals surface area (Å²) >= 11 is 12.7. The molecular weight excluding hydrogens is 569 g/mol. The molecule has 4 aromatic rings. The lowest BCUT2D eigenvalue weighted by Crippen LogP contribution is -2.44. The highest BCUT2D eigenvalue weighted by atomic mass is 35.5. The Bertz CT molecular complexity index is 1680. The molecule has 0 spiro atoms. The van der Waals surface area contributed by atoms with Gasteiger partial charge in [0.15, 0.2) is 0 Å². The summed E-state index contributed by atoms with van der Waals surface area (Å²) in [5.74, 6) is -0.885. The number of anilines is 3. The maximum absolute atomic E-state index is 13.8. The molecule has 8 nitrogen and oxygen atoms in total. The van der Waals surface area contributed by atoms with Gasteiger partial charge in [0.05, 0.1) is 44.6 Å². The smallest absolute Gasteiger partial charge is 0.141 e. The number of aromatic nitrogens is 1. The number of rotatable bonds is 7. The van der Waals surface area contributed by atoms with Crippen LogP contribution in [-0.4, -0.2) is 29.1 Å². The lowest BCUT2D eigenvalue weighted by atomic mass is 10.0. The van der Waals surface area contributed by atoms with Crippen LogP contribution in [0.5, 0.6) is 0 Å². The number of hydrogen-bond donors (Lipinski definition) is 5. The monoisotopic (exact) mass is 592 g/mol. The normalized spacial score (nSPS) is 17.2. The van der Waals surface area contributed by atoms with Crippen molar-refractivity contribution in [2.24, 2.45) is 0 Å². The Hall–Kier alpha value is -4.14. The van der Waals surface area contributed by atoms with Crippen LogP contribution < -0.4 is 26.9 Å². The third-order valence-corrected chi connectivity index (χ3v) is 7.67. The molecule has 0 bridgehead atoms. The first kappa shape index (κ1) is 27.1. The molecule has 1 fully saturated rings. The molecule has 2 atom stereocenters. The summed E-state index contributed by atoms with van der Waals surface area (Å²) in [6.45, 7) is 1.80. The van der Waals surface area contributed by atoms with E-state index in [0.29, 0.717) is 33.0 Å². The van der Waals surface area contributed by atoms with Crippen LogP contribution in [0.3, 0.4) is 0 Å². The number of pyridine rings is 1. The van der Waals surface area contributed by atoms with Crippen LogP contribution in [0.25, 0.3) is 10.9 Å². The summed E-state index contributed by atoms with van der Waals surface area (Å²) in [5, 5.41) is 22.8. The van der Waals surface area contributed by atoms with Gasteiger partial charge in [0.2, 0.25) is 0 Å². The highest BCUT2D eigenvalue weighted by molar-refractivity contribution is 6.36. The summed E-state index contributed by atoms with van der Waals surface area (Å²) in [5.41, 5.74) is 10.4. The number of hydrazine groups is 2. The molecule has 208 valence electrons. The molecule has 0 saturated carbocycles. The number of fused-ring (bicyclic) bond motifs is 1. The van der Waals surface area contributed by atoms with Gasteiger partial charge in [0, 0.05) is 35.7 Å². The van der Waals surface area contributed by atoms with Crippen LogP contribution in [0.1, 0.15) is 23.6 Å². The molecule has 0 amide bonds. The molecule has 6 rings (SSSR count). The van der Waals surface area contributed by atoms with Crippen LogP contribution in [0.4, 0.5) is 25.8 Å². The van der Waals surface area contributed by atoms with Gasteiger partial charge in [-0.2, -0.15) is 5.26 Å². The van der Waals surface area contributed by atoms with E-state index in [0.717, 1.165) is 30.8 Å². The average molecular weight is 593 g/mol. The van der Waals surface area contributed by atoms with E-state index < -0.39 is 11.9 Å². The zero-order valence-corrected chi connectivity index (χ0v) is 23.0. The number of nitriles is 1. The molecule has 3 heterocycles. The van der Waals surface area contributed by atoms with Gasteiger partial charge in [0.25, 0.3) is 0 Å². The minimum atomic E-state index is -0.550. The van der Waals surface area contributed by atoms with Crippen molar-refractivity contribution < 1.29 is 8.78 Å². The van der Waals surface area contributed by atoms with Crippen molar-refractivity contribution in [3.63, 3.8) is 0 Å². The average Bonchev–Trinajstić information content (AvgIpc) is 3.67. The lowest BCUT2D eigenvalue weighted by molar-refractivity contribution is 0.207. The number of nitrogens with zero attached hydrogens (tertiary/aromatic N) is 3.